The summed E-state index contributed by atoms with van der Waals surface area (Å²) in [5.41, 5.74) is 0.674. The Balaban J connectivity index is 1.57. The van der Waals surface area contributed by atoms with E-state index in [4.69, 9.17) is 0 Å². The van der Waals surface area contributed by atoms with Crippen LogP contribution in [0.15, 0.2) is 11.6 Å². The molecule has 3 saturated carbocycles. The molecule has 4 aliphatic rings. The molecule has 0 radical (unpaired) electrons. The molecule has 0 heterocycles. The van der Waals surface area contributed by atoms with Crippen molar-refractivity contribution in [2.45, 2.75) is 70.0 Å². The summed E-state index contributed by atoms with van der Waals surface area (Å²) in [4.78, 5) is 2.06. The molecule has 0 spiro atoms. The molecule has 0 amide bonds. The highest BCUT2D eigenvalue weighted by Crippen LogP contribution is 2.64. The number of aliphatic hydroxyl groups is 2. The first-order chi connectivity index (χ1) is 12.3. The zero-order valence-electron chi connectivity index (χ0n) is 16.7. The maximum atomic E-state index is 11.5. The lowest BCUT2D eigenvalue weighted by Gasteiger charge is -2.55. The molecule has 4 aliphatic carbocycles. The highest BCUT2D eigenvalue weighted by molar-refractivity contribution is 5.27. The first-order valence-electron chi connectivity index (χ1n) is 10.6. The standard InChI is InChI=1S/C23H35NO2/c1-22-12-9-19-18-8-6-17(25)15-16(18)5-7-20(19)21(22)10-13-23(22,26)11-4-14-24(2)3/h15,17-21,25-26H,5-10,12-14H2,1-3H3/t17-,18+,19+,20-,21-,22+,23+/m1/s1. The van der Waals surface area contributed by atoms with Crippen molar-refractivity contribution in [1.82, 2.24) is 4.90 Å². The second kappa shape index (κ2) is 6.66. The van der Waals surface area contributed by atoms with Gasteiger partial charge in [-0.1, -0.05) is 30.4 Å². The Morgan fingerprint density at radius 2 is 1.92 bits per heavy atom. The largest absolute Gasteiger partial charge is 0.389 e. The number of fused-ring (bicyclic) bond motifs is 5. The quantitative estimate of drug-likeness (QED) is 0.559. The fourth-order valence-electron chi connectivity index (χ4n) is 6.88. The minimum Gasteiger partial charge on any atom is -0.389 e. The molecule has 0 aromatic carbocycles. The van der Waals surface area contributed by atoms with E-state index >= 15 is 0 Å². The summed E-state index contributed by atoms with van der Waals surface area (Å²) in [6.45, 7) is 3.04. The van der Waals surface area contributed by atoms with Gasteiger partial charge in [0.1, 0.15) is 5.60 Å². The van der Waals surface area contributed by atoms with Gasteiger partial charge in [-0.25, -0.2) is 0 Å². The van der Waals surface area contributed by atoms with E-state index in [0.717, 1.165) is 50.4 Å². The highest BCUT2D eigenvalue weighted by Gasteiger charge is 2.61. The molecule has 0 saturated heterocycles. The Hall–Kier alpha value is -0.820. The van der Waals surface area contributed by atoms with Crippen LogP contribution >= 0.6 is 0 Å². The van der Waals surface area contributed by atoms with Crippen molar-refractivity contribution in [3.63, 3.8) is 0 Å². The molecule has 4 rings (SSSR count). The second-order valence-electron chi connectivity index (χ2n) is 9.86. The molecular formula is C23H35NO2. The van der Waals surface area contributed by atoms with Crippen molar-refractivity contribution in [3.05, 3.63) is 11.6 Å². The number of aliphatic hydroxyl groups excluding tert-OH is 1. The summed E-state index contributed by atoms with van der Waals surface area (Å²) < 4.78 is 0. The third-order valence-corrected chi connectivity index (χ3v) is 8.27. The lowest BCUT2D eigenvalue weighted by atomic mass is 9.50. The molecule has 144 valence electrons. The summed E-state index contributed by atoms with van der Waals surface area (Å²) >= 11 is 0. The molecule has 3 nitrogen and oxygen atoms in total. The van der Waals surface area contributed by atoms with E-state index in [1.807, 2.05) is 14.1 Å². The molecule has 26 heavy (non-hydrogen) atoms. The van der Waals surface area contributed by atoms with Gasteiger partial charge in [0.05, 0.1) is 12.6 Å². The van der Waals surface area contributed by atoms with Crippen molar-refractivity contribution in [2.24, 2.45) is 29.1 Å². The van der Waals surface area contributed by atoms with E-state index in [1.165, 1.54) is 18.4 Å². The van der Waals surface area contributed by atoms with Crippen LogP contribution in [0.2, 0.25) is 0 Å². The van der Waals surface area contributed by atoms with E-state index in [1.54, 1.807) is 0 Å². The van der Waals surface area contributed by atoms with Crippen LogP contribution in [0, 0.1) is 40.9 Å². The van der Waals surface area contributed by atoms with Crippen molar-refractivity contribution in [1.29, 1.82) is 0 Å². The number of allylic oxidation sites excluding steroid dienone is 1. The first kappa shape index (κ1) is 18.5. The van der Waals surface area contributed by atoms with Gasteiger partial charge in [-0.2, -0.15) is 0 Å². The normalized spacial score (nSPS) is 47.3. The van der Waals surface area contributed by atoms with E-state index in [2.05, 4.69) is 29.7 Å². The van der Waals surface area contributed by atoms with Gasteiger partial charge in [-0.05, 0) is 89.1 Å². The molecule has 0 unspecified atom stereocenters. The molecular weight excluding hydrogens is 322 g/mol. The number of hydrogen-bond acceptors (Lipinski definition) is 3. The average molecular weight is 358 g/mol. The van der Waals surface area contributed by atoms with Crippen molar-refractivity contribution in [3.8, 4) is 11.8 Å². The number of rotatable bonds is 1. The lowest BCUT2D eigenvalue weighted by Crippen LogP contribution is -2.52. The predicted octanol–water partition coefficient (Wildman–Crippen LogP) is 3.22. The van der Waals surface area contributed by atoms with E-state index in [9.17, 15) is 10.2 Å². The minimum absolute atomic E-state index is 0.0527. The predicted molar refractivity (Wildman–Crippen MR) is 104 cm³/mol. The first-order valence-corrected chi connectivity index (χ1v) is 10.6. The Morgan fingerprint density at radius 1 is 1.12 bits per heavy atom. The summed E-state index contributed by atoms with van der Waals surface area (Å²) in [5, 5.41) is 21.5. The molecule has 0 aromatic heterocycles. The smallest absolute Gasteiger partial charge is 0.131 e. The summed E-state index contributed by atoms with van der Waals surface area (Å²) in [5.74, 6) is 9.33. The maximum Gasteiger partial charge on any atom is 0.131 e. The van der Waals surface area contributed by atoms with E-state index in [-0.39, 0.29) is 11.5 Å². The SMILES string of the molecule is CN(C)CC#C[C@]1(O)CC[C@@H]2[C@@H]3CCC4=C[C@H](O)CC[C@@H]4[C@@H]3CC[C@@]21C. The van der Waals surface area contributed by atoms with Gasteiger partial charge in [-0.3, -0.25) is 4.90 Å². The van der Waals surface area contributed by atoms with Crippen molar-refractivity contribution < 1.29 is 10.2 Å². The van der Waals surface area contributed by atoms with Crippen LogP contribution in [0.5, 0.6) is 0 Å². The van der Waals surface area contributed by atoms with Gasteiger partial charge in [0.2, 0.25) is 0 Å². The molecule has 0 aromatic rings. The van der Waals surface area contributed by atoms with E-state index in [0.29, 0.717) is 18.4 Å². The number of hydrogen-bond donors (Lipinski definition) is 2. The Morgan fingerprint density at radius 3 is 2.69 bits per heavy atom. The average Bonchev–Trinajstić information content (AvgIpc) is 2.85. The van der Waals surface area contributed by atoms with Crippen LogP contribution < -0.4 is 0 Å². The monoisotopic (exact) mass is 357 g/mol. The topological polar surface area (TPSA) is 43.7 Å². The summed E-state index contributed by atoms with van der Waals surface area (Å²) in [6.07, 6.45) is 10.7. The van der Waals surface area contributed by atoms with Crippen LogP contribution in [-0.4, -0.2) is 47.5 Å². The van der Waals surface area contributed by atoms with Crippen molar-refractivity contribution in [2.75, 3.05) is 20.6 Å². The molecule has 7 atom stereocenters. The van der Waals surface area contributed by atoms with Gasteiger partial charge in [0.25, 0.3) is 0 Å². The number of nitrogens with zero attached hydrogens (tertiary/aromatic N) is 1. The second-order valence-corrected chi connectivity index (χ2v) is 9.86. The maximum absolute atomic E-state index is 11.5. The third kappa shape index (κ3) is 2.86. The van der Waals surface area contributed by atoms with Crippen LogP contribution in [0.25, 0.3) is 0 Å². The molecule has 0 bridgehead atoms. The molecule has 0 aliphatic heterocycles. The Labute approximate surface area is 158 Å². The fourth-order valence-corrected chi connectivity index (χ4v) is 6.88. The van der Waals surface area contributed by atoms with Crippen LogP contribution in [-0.2, 0) is 0 Å². The third-order valence-electron chi connectivity index (χ3n) is 8.27. The minimum atomic E-state index is -0.808. The van der Waals surface area contributed by atoms with Gasteiger partial charge < -0.3 is 10.2 Å². The van der Waals surface area contributed by atoms with Gasteiger partial charge in [0, 0.05) is 5.41 Å². The summed E-state index contributed by atoms with van der Waals surface area (Å²) in [7, 11) is 4.05. The molecule has 3 fully saturated rings. The van der Waals surface area contributed by atoms with Gasteiger partial charge >= 0.3 is 0 Å². The molecule has 3 heteroatoms. The summed E-state index contributed by atoms with van der Waals surface area (Å²) in [6, 6.07) is 0. The Kier molecular flexibility index (Phi) is 4.75. The van der Waals surface area contributed by atoms with Gasteiger partial charge in [-0.15, -0.1) is 0 Å². The van der Waals surface area contributed by atoms with Crippen molar-refractivity contribution >= 4 is 0 Å². The molecule has 2 N–H and O–H groups in total. The zero-order valence-corrected chi connectivity index (χ0v) is 16.7. The van der Waals surface area contributed by atoms with Gasteiger partial charge in [0.15, 0.2) is 0 Å². The zero-order chi connectivity index (χ0) is 18.5. The lowest BCUT2D eigenvalue weighted by molar-refractivity contribution is -0.0866. The van der Waals surface area contributed by atoms with Crippen LogP contribution in [0.3, 0.4) is 0 Å². The fraction of sp³-hybridized carbons (Fsp3) is 0.826. The van der Waals surface area contributed by atoms with Crippen LogP contribution in [0.4, 0.5) is 0 Å². The van der Waals surface area contributed by atoms with E-state index < -0.39 is 5.60 Å². The van der Waals surface area contributed by atoms with Crippen LogP contribution in [0.1, 0.15) is 58.3 Å². The Bertz CT molecular complexity index is 644. The highest BCUT2D eigenvalue weighted by atomic mass is 16.3.